The van der Waals surface area contributed by atoms with E-state index in [2.05, 4.69) is 20.9 Å². The second-order valence-corrected chi connectivity index (χ2v) is 9.16. The summed E-state index contributed by atoms with van der Waals surface area (Å²) in [6, 6.07) is 13.9. The first-order valence-corrected chi connectivity index (χ1v) is 11.6. The third-order valence-electron chi connectivity index (χ3n) is 7.04. The number of hydrogen-bond donors (Lipinski definition) is 1. The third-order valence-corrected chi connectivity index (χ3v) is 7.04. The second-order valence-electron chi connectivity index (χ2n) is 9.16. The van der Waals surface area contributed by atoms with E-state index in [1.54, 1.807) is 6.20 Å². The summed E-state index contributed by atoms with van der Waals surface area (Å²) in [7, 11) is 0. The summed E-state index contributed by atoms with van der Waals surface area (Å²) >= 11 is 0. The number of pyridine rings is 2. The number of nitrogens with zero attached hydrogens (tertiary/aromatic N) is 4. The zero-order valence-electron chi connectivity index (χ0n) is 18.4. The van der Waals surface area contributed by atoms with E-state index in [1.807, 2.05) is 53.7 Å². The van der Waals surface area contributed by atoms with Crippen LogP contribution in [0.3, 0.4) is 0 Å². The van der Waals surface area contributed by atoms with E-state index in [1.165, 1.54) is 12.0 Å². The summed E-state index contributed by atoms with van der Waals surface area (Å²) in [4.78, 5) is 26.2. The zero-order chi connectivity index (χ0) is 22.0. The van der Waals surface area contributed by atoms with Crippen LogP contribution < -0.4 is 0 Å². The number of rotatable bonds is 4. The van der Waals surface area contributed by atoms with E-state index in [4.69, 9.17) is 0 Å². The van der Waals surface area contributed by atoms with Gasteiger partial charge in [0.25, 0.3) is 5.91 Å². The molecule has 2 fully saturated rings. The molecular formula is C26H30N4O2. The van der Waals surface area contributed by atoms with Gasteiger partial charge in [-0.2, -0.15) is 0 Å². The number of carbonyl (C=O) groups is 1. The maximum Gasteiger partial charge on any atom is 0.254 e. The molecule has 0 saturated carbocycles. The number of aliphatic hydroxyl groups is 1. The monoisotopic (exact) mass is 430 g/mol. The van der Waals surface area contributed by atoms with E-state index in [0.29, 0.717) is 44.1 Å². The van der Waals surface area contributed by atoms with Crippen LogP contribution >= 0.6 is 0 Å². The quantitative estimate of drug-likeness (QED) is 0.681. The number of piperidine rings is 2. The molecule has 4 heterocycles. The van der Waals surface area contributed by atoms with Crippen LogP contribution in [0.25, 0.3) is 10.9 Å². The topological polar surface area (TPSA) is 69.6 Å². The Hall–Kier alpha value is -2.83. The van der Waals surface area contributed by atoms with E-state index >= 15 is 0 Å². The van der Waals surface area contributed by atoms with Crippen LogP contribution in [0, 0.1) is 0 Å². The van der Waals surface area contributed by atoms with Crippen LogP contribution in [0.5, 0.6) is 0 Å². The second kappa shape index (κ2) is 8.96. The summed E-state index contributed by atoms with van der Waals surface area (Å²) in [5, 5.41) is 12.3. The first-order chi connectivity index (χ1) is 15.6. The van der Waals surface area contributed by atoms with Crippen LogP contribution in [0.15, 0.2) is 61.1 Å². The van der Waals surface area contributed by atoms with Crippen LogP contribution in [0.2, 0.25) is 0 Å². The number of hydrogen-bond acceptors (Lipinski definition) is 5. The third kappa shape index (κ3) is 4.25. The molecule has 0 spiro atoms. The van der Waals surface area contributed by atoms with Crippen molar-refractivity contribution in [3.8, 4) is 0 Å². The molecule has 0 radical (unpaired) electrons. The lowest BCUT2D eigenvalue weighted by Crippen LogP contribution is -2.53. The summed E-state index contributed by atoms with van der Waals surface area (Å²) < 4.78 is 0. The number of amides is 1. The molecule has 1 N–H and O–H groups in total. The molecule has 1 unspecified atom stereocenters. The lowest BCUT2D eigenvalue weighted by molar-refractivity contribution is -0.0540. The Kier molecular flexibility index (Phi) is 5.89. The minimum atomic E-state index is -0.769. The fraction of sp³-hybridized carbons (Fsp3) is 0.423. The average molecular weight is 431 g/mol. The van der Waals surface area contributed by atoms with Crippen molar-refractivity contribution in [3.63, 3.8) is 0 Å². The maximum atomic E-state index is 13.3. The smallest absolute Gasteiger partial charge is 0.254 e. The molecule has 0 aliphatic carbocycles. The predicted octanol–water partition coefficient (Wildman–Crippen LogP) is 3.82. The minimum Gasteiger partial charge on any atom is -0.388 e. The van der Waals surface area contributed by atoms with E-state index in [9.17, 15) is 9.90 Å². The number of β-amino-alcohol motifs (C(OH)–C–C–N with tert-alkyl or cyclic N) is 1. The Morgan fingerprint density at radius 2 is 1.88 bits per heavy atom. The Morgan fingerprint density at radius 3 is 2.69 bits per heavy atom. The number of fused-ring (bicyclic) bond motifs is 1. The summed E-state index contributed by atoms with van der Waals surface area (Å²) in [6.07, 6.45) is 10.2. The summed E-state index contributed by atoms with van der Waals surface area (Å²) in [6.45, 7) is 2.77. The van der Waals surface area contributed by atoms with Gasteiger partial charge in [0.05, 0.1) is 11.1 Å². The van der Waals surface area contributed by atoms with Crippen LogP contribution in [-0.4, -0.2) is 62.6 Å². The Balaban J connectivity index is 1.26. The first kappa shape index (κ1) is 21.0. The van der Waals surface area contributed by atoms with Gasteiger partial charge in [-0.1, -0.05) is 24.6 Å². The normalized spacial score (nSPS) is 21.5. The predicted molar refractivity (Wildman–Crippen MR) is 124 cm³/mol. The summed E-state index contributed by atoms with van der Waals surface area (Å²) in [5.74, 6) is 0.0249. The largest absolute Gasteiger partial charge is 0.388 e. The van der Waals surface area contributed by atoms with E-state index in [0.717, 1.165) is 30.3 Å². The lowest BCUT2D eigenvalue weighted by atomic mass is 9.87. The van der Waals surface area contributed by atoms with Gasteiger partial charge < -0.3 is 10.0 Å². The SMILES string of the molecule is O=C(c1cccc2ncccc12)N1CCC(O)(CN2CCCCC2c2cccnc2)CC1. The number of carbonyl (C=O) groups excluding carboxylic acids is 1. The number of benzene rings is 1. The van der Waals surface area contributed by atoms with Gasteiger partial charge in [0.2, 0.25) is 0 Å². The van der Waals surface area contributed by atoms with Crippen molar-refractivity contribution in [2.45, 2.75) is 43.7 Å². The van der Waals surface area contributed by atoms with Crippen LogP contribution in [0.4, 0.5) is 0 Å². The summed E-state index contributed by atoms with van der Waals surface area (Å²) in [5.41, 5.74) is 1.98. The molecule has 6 nitrogen and oxygen atoms in total. The van der Waals surface area contributed by atoms with Gasteiger partial charge in [-0.05, 0) is 62.1 Å². The molecule has 1 aromatic carbocycles. The van der Waals surface area contributed by atoms with Crippen molar-refractivity contribution in [3.05, 3.63) is 72.2 Å². The fourth-order valence-electron chi connectivity index (χ4n) is 5.25. The Bertz CT molecular complexity index is 1070. The molecule has 2 aliphatic heterocycles. The van der Waals surface area contributed by atoms with Crippen molar-refractivity contribution in [2.75, 3.05) is 26.2 Å². The molecule has 32 heavy (non-hydrogen) atoms. The standard InChI is InChI=1S/C26H30N4O2/c31-25(22-7-3-9-23-21(22)8-5-14-28-23)29-16-11-26(32,12-17-29)19-30-15-2-1-10-24(30)20-6-4-13-27-18-20/h3-9,13-14,18,24,32H,1-2,10-12,15-17,19H2. The molecule has 3 aromatic rings. The van der Waals surface area contributed by atoms with Gasteiger partial charge in [-0.25, -0.2) is 0 Å². The van der Waals surface area contributed by atoms with Crippen LogP contribution in [-0.2, 0) is 0 Å². The van der Waals surface area contributed by atoms with Gasteiger partial charge in [0, 0.05) is 55.2 Å². The van der Waals surface area contributed by atoms with Gasteiger partial charge in [-0.15, -0.1) is 0 Å². The van der Waals surface area contributed by atoms with Gasteiger partial charge in [0.1, 0.15) is 0 Å². The van der Waals surface area contributed by atoms with Crippen molar-refractivity contribution in [2.24, 2.45) is 0 Å². The van der Waals surface area contributed by atoms with Crippen molar-refractivity contribution in [1.82, 2.24) is 19.8 Å². The zero-order valence-corrected chi connectivity index (χ0v) is 18.4. The molecule has 0 bridgehead atoms. The van der Waals surface area contributed by atoms with Gasteiger partial charge in [-0.3, -0.25) is 19.7 Å². The molecule has 5 rings (SSSR count). The highest BCUT2D eigenvalue weighted by molar-refractivity contribution is 6.06. The highest BCUT2D eigenvalue weighted by Gasteiger charge is 2.38. The molecule has 166 valence electrons. The van der Waals surface area contributed by atoms with Crippen molar-refractivity contribution >= 4 is 16.8 Å². The molecule has 1 atom stereocenters. The highest BCUT2D eigenvalue weighted by atomic mass is 16.3. The maximum absolute atomic E-state index is 13.3. The molecular weight excluding hydrogens is 400 g/mol. The Morgan fingerprint density at radius 1 is 1.03 bits per heavy atom. The fourth-order valence-corrected chi connectivity index (χ4v) is 5.25. The van der Waals surface area contributed by atoms with Crippen molar-refractivity contribution < 1.29 is 9.90 Å². The highest BCUT2D eigenvalue weighted by Crippen LogP contribution is 2.34. The number of likely N-dealkylation sites (tertiary alicyclic amines) is 2. The molecule has 2 aromatic heterocycles. The molecule has 6 heteroatoms. The molecule has 1 amide bonds. The minimum absolute atomic E-state index is 0.0249. The molecule has 2 aliphatic rings. The number of aromatic nitrogens is 2. The van der Waals surface area contributed by atoms with E-state index < -0.39 is 5.60 Å². The van der Waals surface area contributed by atoms with Crippen LogP contribution in [0.1, 0.15) is 54.1 Å². The average Bonchev–Trinajstić information content (AvgIpc) is 2.84. The van der Waals surface area contributed by atoms with E-state index in [-0.39, 0.29) is 5.91 Å². The first-order valence-electron chi connectivity index (χ1n) is 11.6. The molecule has 2 saturated heterocycles. The Labute approximate surface area is 188 Å². The van der Waals surface area contributed by atoms with Gasteiger partial charge >= 0.3 is 0 Å². The van der Waals surface area contributed by atoms with Crippen molar-refractivity contribution in [1.29, 1.82) is 0 Å². The van der Waals surface area contributed by atoms with Gasteiger partial charge in [0.15, 0.2) is 0 Å². The lowest BCUT2D eigenvalue weighted by Gasteiger charge is -2.44.